The highest BCUT2D eigenvalue weighted by Gasteiger charge is 2.26. The van der Waals surface area contributed by atoms with Crippen LogP contribution in [0.3, 0.4) is 0 Å². The molecule has 0 bridgehead atoms. The van der Waals surface area contributed by atoms with Crippen molar-refractivity contribution in [1.82, 2.24) is 19.5 Å². The summed E-state index contributed by atoms with van der Waals surface area (Å²) in [4.78, 5) is 16.3. The number of rotatable bonds is 6. The maximum atomic E-state index is 6.43. The van der Waals surface area contributed by atoms with Crippen molar-refractivity contribution in [2.75, 3.05) is 0 Å². The van der Waals surface area contributed by atoms with Crippen LogP contribution in [-0.2, 0) is 0 Å². The summed E-state index contributed by atoms with van der Waals surface area (Å²) in [6.45, 7) is 0. The smallest absolute Gasteiger partial charge is 0.164 e. The lowest BCUT2D eigenvalue weighted by atomic mass is 9.92. The van der Waals surface area contributed by atoms with Gasteiger partial charge in [-0.1, -0.05) is 164 Å². The van der Waals surface area contributed by atoms with Crippen LogP contribution < -0.4 is 0 Å². The lowest BCUT2D eigenvalue weighted by molar-refractivity contribution is 0.669. The zero-order chi connectivity index (χ0) is 50.3. The molecule has 77 heavy (non-hydrogen) atoms. The van der Waals surface area contributed by atoms with Crippen molar-refractivity contribution in [3.8, 4) is 62.1 Å². The number of nitrogens with zero attached hydrogens (tertiary/aromatic N) is 4. The van der Waals surface area contributed by atoms with Crippen LogP contribution in [0, 0.1) is 0 Å². The maximum Gasteiger partial charge on any atom is 0.164 e. The van der Waals surface area contributed by atoms with Crippen molar-refractivity contribution >= 4 is 138 Å². The van der Waals surface area contributed by atoms with E-state index in [9.17, 15) is 0 Å². The highest BCUT2D eigenvalue weighted by molar-refractivity contribution is 7.28. The number of fused-ring (bicyclic) bond motifs is 17. The summed E-state index contributed by atoms with van der Waals surface area (Å²) in [7, 11) is 0. The molecular formula is C69H38N4OS3. The third-order valence-corrected chi connectivity index (χ3v) is 19.0. The van der Waals surface area contributed by atoms with Gasteiger partial charge in [0.05, 0.1) is 16.7 Å². The first-order valence-corrected chi connectivity index (χ1v) is 28.2. The molecule has 0 atom stereocenters. The van der Waals surface area contributed by atoms with Crippen molar-refractivity contribution in [3.63, 3.8) is 0 Å². The molecule has 0 radical (unpaired) electrons. The summed E-state index contributed by atoms with van der Waals surface area (Å²) >= 11 is 5.48. The van der Waals surface area contributed by atoms with Gasteiger partial charge < -0.3 is 8.98 Å². The molecule has 0 saturated heterocycles. The van der Waals surface area contributed by atoms with Crippen LogP contribution in [0.15, 0.2) is 235 Å². The van der Waals surface area contributed by atoms with Crippen LogP contribution in [-0.4, -0.2) is 19.5 Å². The fourth-order valence-corrected chi connectivity index (χ4v) is 15.7. The molecule has 17 aromatic rings. The van der Waals surface area contributed by atoms with Crippen LogP contribution in [0.1, 0.15) is 0 Å². The van der Waals surface area contributed by atoms with E-state index in [2.05, 4.69) is 229 Å². The lowest BCUT2D eigenvalue weighted by Crippen LogP contribution is -2.04. The molecule has 0 spiro atoms. The maximum absolute atomic E-state index is 6.43. The van der Waals surface area contributed by atoms with Gasteiger partial charge in [0.1, 0.15) is 11.2 Å². The van der Waals surface area contributed by atoms with Gasteiger partial charge in [-0.25, -0.2) is 15.0 Å². The molecule has 0 saturated carbocycles. The molecule has 0 fully saturated rings. The fourth-order valence-electron chi connectivity index (χ4n) is 12.0. The average molecular weight is 1040 g/mol. The highest BCUT2D eigenvalue weighted by Crippen LogP contribution is 2.50. The molecule has 0 aliphatic rings. The Morgan fingerprint density at radius 3 is 1.40 bits per heavy atom. The van der Waals surface area contributed by atoms with Gasteiger partial charge in [-0.15, -0.1) is 34.0 Å². The van der Waals surface area contributed by atoms with Crippen LogP contribution in [0.2, 0.25) is 0 Å². The minimum atomic E-state index is 0.603. The SMILES string of the molecule is c1ccc(-c2cc(-c3nc(-c4ccc5c(c4)sc4ccccc45)nc(-c4ccc5c(c4)sc4ccccc45)n3)cc(-c3ccccc3)c2-n2c3ccccc3c3c4sc5c(ccc6oc7ccccc7c65)c4ccc32)cc1. The number of aromatic nitrogens is 4. The molecule has 0 aliphatic heterocycles. The van der Waals surface area contributed by atoms with Gasteiger partial charge >= 0.3 is 0 Å². The zero-order valence-corrected chi connectivity index (χ0v) is 43.3. The number of para-hydroxylation sites is 2. The van der Waals surface area contributed by atoms with E-state index in [0.717, 1.165) is 72.2 Å². The van der Waals surface area contributed by atoms with E-state index in [1.165, 1.54) is 76.7 Å². The summed E-state index contributed by atoms with van der Waals surface area (Å²) in [5.41, 5.74) is 12.3. The second-order valence-corrected chi connectivity index (χ2v) is 23.0. The third kappa shape index (κ3) is 6.53. The van der Waals surface area contributed by atoms with E-state index in [1.54, 1.807) is 22.7 Å². The van der Waals surface area contributed by atoms with Gasteiger partial charge in [0, 0.05) is 110 Å². The molecular weight excluding hydrogens is 997 g/mol. The number of furan rings is 1. The third-order valence-electron chi connectivity index (χ3n) is 15.5. The average Bonchev–Trinajstić information content (AvgIpc) is 4.45. The van der Waals surface area contributed by atoms with Gasteiger partial charge in [-0.05, 0) is 77.9 Å². The first kappa shape index (κ1) is 43.0. The number of hydrogen-bond acceptors (Lipinski definition) is 7. The molecule has 17 rings (SSSR count). The Morgan fingerprint density at radius 2 is 0.779 bits per heavy atom. The van der Waals surface area contributed by atoms with E-state index in [4.69, 9.17) is 19.4 Å². The standard InChI is InChI=1S/C69H38N4OS3/c1-3-15-39(16-4-1)52-35-43(69-71-67(41-27-29-46-44-19-9-13-25-58(44)75-60(46)37-41)70-68(72-69)42-28-30-47-45-20-10-14-26-59(45)76-61(47)38-42)36-53(40-17-5-2-6-18-40)64(52)73-54-23-11-7-21-50(54)62-55(73)33-31-48-49-32-34-57-63(66(49)77-65(48)62)51-22-8-12-24-56(51)74-57/h1-38H. The summed E-state index contributed by atoms with van der Waals surface area (Å²) in [5, 5.41) is 12.2. The Hall–Kier alpha value is -9.31. The molecule has 8 heteroatoms. The Morgan fingerprint density at radius 1 is 0.299 bits per heavy atom. The number of benzene rings is 11. The largest absolute Gasteiger partial charge is 0.456 e. The van der Waals surface area contributed by atoms with Gasteiger partial charge in [-0.2, -0.15) is 0 Å². The van der Waals surface area contributed by atoms with Crippen molar-refractivity contribution in [2.24, 2.45) is 0 Å². The second-order valence-electron chi connectivity index (χ2n) is 19.8. The predicted molar refractivity (Wildman–Crippen MR) is 327 cm³/mol. The second kappa shape index (κ2) is 16.6. The minimum absolute atomic E-state index is 0.603. The number of hydrogen-bond donors (Lipinski definition) is 0. The zero-order valence-electron chi connectivity index (χ0n) is 40.9. The normalized spacial score (nSPS) is 12.2. The van der Waals surface area contributed by atoms with Crippen molar-refractivity contribution < 1.29 is 4.42 Å². The van der Waals surface area contributed by atoms with Crippen LogP contribution in [0.25, 0.3) is 166 Å². The van der Waals surface area contributed by atoms with Gasteiger partial charge in [0.2, 0.25) is 0 Å². The molecule has 358 valence electrons. The van der Waals surface area contributed by atoms with Crippen LogP contribution >= 0.6 is 34.0 Å². The first-order chi connectivity index (χ1) is 38.1. The van der Waals surface area contributed by atoms with E-state index in [-0.39, 0.29) is 0 Å². The van der Waals surface area contributed by atoms with Gasteiger partial charge in [-0.3, -0.25) is 0 Å². The Bertz CT molecular complexity index is 5100. The molecule has 6 aromatic heterocycles. The van der Waals surface area contributed by atoms with Gasteiger partial charge in [0.15, 0.2) is 17.5 Å². The first-order valence-electron chi connectivity index (χ1n) is 25.7. The van der Waals surface area contributed by atoms with E-state index < -0.39 is 0 Å². The number of thiophene rings is 3. The van der Waals surface area contributed by atoms with Crippen molar-refractivity contribution in [3.05, 3.63) is 231 Å². The molecule has 0 aliphatic carbocycles. The molecule has 5 nitrogen and oxygen atoms in total. The quantitative estimate of drug-likeness (QED) is 0.167. The monoisotopic (exact) mass is 1030 g/mol. The predicted octanol–water partition coefficient (Wildman–Crippen LogP) is 20.3. The van der Waals surface area contributed by atoms with E-state index in [0.29, 0.717) is 17.5 Å². The summed E-state index contributed by atoms with van der Waals surface area (Å²) < 4.78 is 16.4. The molecule has 0 unspecified atom stereocenters. The molecule has 0 N–H and O–H groups in total. The van der Waals surface area contributed by atoms with Gasteiger partial charge in [0.25, 0.3) is 0 Å². The van der Waals surface area contributed by atoms with E-state index >= 15 is 0 Å². The molecule has 11 aromatic carbocycles. The Labute approximate surface area is 451 Å². The van der Waals surface area contributed by atoms with Crippen molar-refractivity contribution in [1.29, 1.82) is 0 Å². The lowest BCUT2D eigenvalue weighted by Gasteiger charge is -2.21. The highest BCUT2D eigenvalue weighted by atomic mass is 32.1. The summed E-state index contributed by atoms with van der Waals surface area (Å²) in [6.07, 6.45) is 0. The topological polar surface area (TPSA) is 56.7 Å². The van der Waals surface area contributed by atoms with Crippen LogP contribution in [0.4, 0.5) is 0 Å². The summed E-state index contributed by atoms with van der Waals surface area (Å²) in [5.74, 6) is 1.86. The van der Waals surface area contributed by atoms with Crippen molar-refractivity contribution in [2.45, 2.75) is 0 Å². The van der Waals surface area contributed by atoms with Crippen LogP contribution in [0.5, 0.6) is 0 Å². The summed E-state index contributed by atoms with van der Waals surface area (Å²) in [6, 6.07) is 83.2. The Balaban J connectivity index is 0.943. The fraction of sp³-hybridized carbons (Fsp3) is 0. The minimum Gasteiger partial charge on any atom is -0.456 e. The molecule has 0 amide bonds. The van der Waals surface area contributed by atoms with E-state index in [1.807, 2.05) is 17.4 Å². The molecule has 6 heterocycles. The Kier molecular flexibility index (Phi) is 9.26.